The van der Waals surface area contributed by atoms with Gasteiger partial charge in [-0.05, 0) is 40.0 Å². The summed E-state index contributed by atoms with van der Waals surface area (Å²) >= 11 is 0. The highest BCUT2D eigenvalue weighted by molar-refractivity contribution is 5.86. The van der Waals surface area contributed by atoms with E-state index in [1.807, 2.05) is 45.0 Å². The van der Waals surface area contributed by atoms with Gasteiger partial charge in [0.25, 0.3) is 0 Å². The number of carbonyl (C=O) groups excluding carboxylic acids is 2. The van der Waals surface area contributed by atoms with Crippen LogP contribution in [0.3, 0.4) is 0 Å². The number of hydrogen-bond acceptors (Lipinski definition) is 4. The van der Waals surface area contributed by atoms with Crippen LogP contribution in [0.5, 0.6) is 0 Å². The van der Waals surface area contributed by atoms with Crippen molar-refractivity contribution in [2.75, 3.05) is 19.7 Å². The summed E-state index contributed by atoms with van der Waals surface area (Å²) in [6.45, 7) is 6.95. The van der Waals surface area contributed by atoms with Gasteiger partial charge in [-0.15, -0.1) is 0 Å². The average molecular weight is 479 g/mol. The molecule has 0 saturated carbocycles. The van der Waals surface area contributed by atoms with E-state index in [9.17, 15) is 14.4 Å². The van der Waals surface area contributed by atoms with E-state index in [1.165, 1.54) is 0 Å². The third-order valence-corrected chi connectivity index (χ3v) is 7.61. The molecule has 2 N–H and O–H groups in total. The van der Waals surface area contributed by atoms with E-state index < -0.39 is 18.1 Å². The predicted molar refractivity (Wildman–Crippen MR) is 133 cm³/mol. The first-order valence-electron chi connectivity index (χ1n) is 12.4. The van der Waals surface area contributed by atoms with E-state index in [1.54, 1.807) is 4.90 Å². The van der Waals surface area contributed by atoms with Gasteiger partial charge in [0.05, 0.1) is 6.42 Å². The van der Waals surface area contributed by atoms with Crippen LogP contribution in [0.25, 0.3) is 11.1 Å². The van der Waals surface area contributed by atoms with Crippen LogP contribution >= 0.6 is 0 Å². The normalized spacial score (nSPS) is 20.6. The van der Waals surface area contributed by atoms with Gasteiger partial charge in [-0.3, -0.25) is 9.59 Å². The maximum atomic E-state index is 13.4. The maximum Gasteiger partial charge on any atom is 0.407 e. The zero-order valence-electron chi connectivity index (χ0n) is 20.6. The summed E-state index contributed by atoms with van der Waals surface area (Å²) in [5, 5.41) is 12.0. The number of carboxylic acids is 1. The fourth-order valence-corrected chi connectivity index (χ4v) is 5.35. The number of likely N-dealkylation sites (tertiary alicyclic amines) is 1. The summed E-state index contributed by atoms with van der Waals surface area (Å²) in [4.78, 5) is 39.1. The lowest BCUT2D eigenvalue weighted by atomic mass is 9.95. The van der Waals surface area contributed by atoms with Crippen LogP contribution in [-0.4, -0.2) is 53.7 Å². The summed E-state index contributed by atoms with van der Waals surface area (Å²) in [7, 11) is 0. The van der Waals surface area contributed by atoms with Gasteiger partial charge in [-0.1, -0.05) is 75.7 Å². The number of hydrogen-bond donors (Lipinski definition) is 2. The molecule has 1 aliphatic heterocycles. The highest BCUT2D eigenvalue weighted by Crippen LogP contribution is 2.44. The molecule has 2 aromatic rings. The number of carbonyl (C=O) groups is 3. The van der Waals surface area contributed by atoms with E-state index in [-0.39, 0.29) is 42.6 Å². The molecule has 0 aromatic heterocycles. The summed E-state index contributed by atoms with van der Waals surface area (Å²) in [6, 6.07) is 15.6. The Kier molecular flexibility index (Phi) is 7.43. The number of nitrogens with one attached hydrogen (secondary N) is 1. The molecule has 4 unspecified atom stereocenters. The second-order valence-corrected chi connectivity index (χ2v) is 9.91. The number of alkyl carbamates (subject to hydrolysis) is 1. The van der Waals surface area contributed by atoms with E-state index >= 15 is 0 Å². The number of nitrogens with zero attached hydrogens (tertiary/aromatic N) is 1. The Labute approximate surface area is 206 Å². The number of carboxylic acid groups (broad SMARTS) is 1. The predicted octanol–water partition coefficient (Wildman–Crippen LogP) is 4.51. The van der Waals surface area contributed by atoms with Crippen LogP contribution in [0.15, 0.2) is 48.5 Å². The van der Waals surface area contributed by atoms with E-state index in [0.29, 0.717) is 19.5 Å². The molecule has 1 aliphatic carbocycles. The van der Waals surface area contributed by atoms with Gasteiger partial charge < -0.3 is 20.1 Å². The van der Waals surface area contributed by atoms with Gasteiger partial charge in [0.2, 0.25) is 5.91 Å². The Bertz CT molecular complexity index is 1050. The molecule has 4 rings (SSSR count). The van der Waals surface area contributed by atoms with Crippen molar-refractivity contribution in [3.05, 3.63) is 59.7 Å². The number of fused-ring (bicyclic) bond motifs is 3. The molecule has 1 heterocycles. The molecular formula is C28H34N2O5. The zero-order chi connectivity index (χ0) is 25.1. The van der Waals surface area contributed by atoms with Crippen molar-refractivity contribution in [2.45, 2.75) is 45.6 Å². The van der Waals surface area contributed by atoms with Crippen molar-refractivity contribution >= 4 is 18.0 Å². The number of rotatable bonds is 8. The van der Waals surface area contributed by atoms with Crippen LogP contribution in [-0.2, 0) is 14.3 Å². The lowest BCUT2D eigenvalue weighted by Crippen LogP contribution is -2.51. The molecule has 7 heteroatoms. The largest absolute Gasteiger partial charge is 0.481 e. The van der Waals surface area contributed by atoms with Crippen molar-refractivity contribution in [1.29, 1.82) is 0 Å². The molecule has 2 aromatic carbocycles. The van der Waals surface area contributed by atoms with Gasteiger partial charge in [0, 0.05) is 19.0 Å². The number of amides is 2. The number of benzene rings is 2. The van der Waals surface area contributed by atoms with Crippen molar-refractivity contribution in [1.82, 2.24) is 10.2 Å². The summed E-state index contributed by atoms with van der Waals surface area (Å²) in [6.07, 6.45) is 0.140. The zero-order valence-corrected chi connectivity index (χ0v) is 20.6. The van der Waals surface area contributed by atoms with Crippen LogP contribution in [0.2, 0.25) is 0 Å². The van der Waals surface area contributed by atoms with Crippen molar-refractivity contribution < 1.29 is 24.2 Å². The molecule has 0 spiro atoms. The Morgan fingerprint density at radius 2 is 1.66 bits per heavy atom. The number of aliphatic carboxylic acids is 1. The monoisotopic (exact) mass is 478 g/mol. The van der Waals surface area contributed by atoms with E-state index in [0.717, 1.165) is 22.3 Å². The first-order valence-corrected chi connectivity index (χ1v) is 12.4. The van der Waals surface area contributed by atoms with E-state index in [2.05, 4.69) is 29.6 Å². The van der Waals surface area contributed by atoms with Crippen molar-refractivity contribution in [3.8, 4) is 11.1 Å². The van der Waals surface area contributed by atoms with Gasteiger partial charge in [0.15, 0.2) is 0 Å². The SMILES string of the molecule is CCC(C)C(NC(=O)OCC1c2ccccc2-c2ccccc21)C(=O)N1CC(C)C(CC(=O)O)C1. The average Bonchev–Trinajstić information content (AvgIpc) is 3.37. The highest BCUT2D eigenvalue weighted by Gasteiger charge is 2.38. The van der Waals surface area contributed by atoms with Crippen LogP contribution < -0.4 is 5.32 Å². The molecule has 7 nitrogen and oxygen atoms in total. The molecule has 35 heavy (non-hydrogen) atoms. The minimum Gasteiger partial charge on any atom is -0.481 e. The van der Waals surface area contributed by atoms with Crippen molar-refractivity contribution in [3.63, 3.8) is 0 Å². The Hall–Kier alpha value is -3.35. The molecule has 1 fully saturated rings. The fourth-order valence-electron chi connectivity index (χ4n) is 5.35. The minimum atomic E-state index is -0.855. The summed E-state index contributed by atoms with van der Waals surface area (Å²) in [5.74, 6) is -1.15. The quantitative estimate of drug-likeness (QED) is 0.582. The van der Waals surface area contributed by atoms with Gasteiger partial charge in [-0.2, -0.15) is 0 Å². The fraction of sp³-hybridized carbons (Fsp3) is 0.464. The van der Waals surface area contributed by atoms with Crippen LogP contribution in [0.1, 0.15) is 50.7 Å². The van der Waals surface area contributed by atoms with E-state index in [4.69, 9.17) is 9.84 Å². The van der Waals surface area contributed by atoms with Crippen LogP contribution in [0, 0.1) is 17.8 Å². The third kappa shape index (κ3) is 5.19. The van der Waals surface area contributed by atoms with Gasteiger partial charge in [-0.25, -0.2) is 4.79 Å². The standard InChI is InChI=1S/C28H34N2O5/c1-4-17(2)26(27(33)30-14-18(3)19(15-30)13-25(31)32)29-28(34)35-16-24-22-11-7-5-9-20(22)21-10-6-8-12-23(21)24/h5-12,17-19,24,26H,4,13-16H2,1-3H3,(H,29,34)(H,31,32). The van der Waals surface area contributed by atoms with Crippen molar-refractivity contribution in [2.24, 2.45) is 17.8 Å². The smallest absolute Gasteiger partial charge is 0.407 e. The summed E-state index contributed by atoms with van der Waals surface area (Å²) in [5.41, 5.74) is 4.57. The Morgan fingerprint density at radius 1 is 1.06 bits per heavy atom. The maximum absolute atomic E-state index is 13.4. The molecule has 0 radical (unpaired) electrons. The second kappa shape index (κ2) is 10.5. The molecule has 2 amide bonds. The van der Waals surface area contributed by atoms with Crippen LogP contribution in [0.4, 0.5) is 4.79 Å². The first-order chi connectivity index (χ1) is 16.8. The Balaban J connectivity index is 1.42. The summed E-state index contributed by atoms with van der Waals surface area (Å²) < 4.78 is 5.67. The molecule has 1 saturated heterocycles. The Morgan fingerprint density at radius 3 is 2.23 bits per heavy atom. The highest BCUT2D eigenvalue weighted by atomic mass is 16.5. The molecule has 2 aliphatic rings. The first kappa shape index (κ1) is 24.8. The molecule has 0 bridgehead atoms. The molecule has 186 valence electrons. The van der Waals surface area contributed by atoms with Gasteiger partial charge in [0.1, 0.15) is 12.6 Å². The van der Waals surface area contributed by atoms with Gasteiger partial charge >= 0.3 is 12.1 Å². The number of ether oxygens (including phenoxy) is 1. The lowest BCUT2D eigenvalue weighted by molar-refractivity contribution is -0.139. The third-order valence-electron chi connectivity index (χ3n) is 7.61. The topological polar surface area (TPSA) is 95.9 Å². The minimum absolute atomic E-state index is 0.0404. The second-order valence-electron chi connectivity index (χ2n) is 9.91. The lowest BCUT2D eigenvalue weighted by Gasteiger charge is -2.28. The molecule has 4 atom stereocenters. The molecular weight excluding hydrogens is 444 g/mol.